The monoisotopic (exact) mass is 506 g/mol. The van der Waals surface area contributed by atoms with Crippen molar-refractivity contribution >= 4 is 51.7 Å². The van der Waals surface area contributed by atoms with Crippen LogP contribution in [0.1, 0.15) is 42.4 Å². The first-order chi connectivity index (χ1) is 16.9. The minimum Gasteiger partial charge on any atom is -0.497 e. The van der Waals surface area contributed by atoms with E-state index in [0.717, 1.165) is 42.6 Å². The van der Waals surface area contributed by atoms with Crippen LogP contribution >= 0.6 is 24.0 Å². The SMILES string of the molecule is COc1ccc(CN2C(=O)/C(=C\c3c(NC4CCCC4)nc4ccc(C)cn4c3=O)SC2=S)cc1. The van der Waals surface area contributed by atoms with Crippen LogP contribution in [0.15, 0.2) is 52.3 Å². The lowest BCUT2D eigenvalue weighted by molar-refractivity contribution is -0.122. The molecule has 1 aliphatic carbocycles. The van der Waals surface area contributed by atoms with Crippen molar-refractivity contribution in [2.24, 2.45) is 0 Å². The van der Waals surface area contributed by atoms with Crippen LogP contribution in [-0.4, -0.2) is 37.7 Å². The predicted octanol–water partition coefficient (Wildman–Crippen LogP) is 4.77. The maximum Gasteiger partial charge on any atom is 0.267 e. The normalized spacial score (nSPS) is 17.7. The standard InChI is InChI=1S/C26H26N4O3S2/c1-16-7-12-22-28-23(27-18-5-3-4-6-18)20(24(31)29(22)14-16)13-21-25(32)30(26(34)35-21)15-17-8-10-19(33-2)11-9-17/h7-14,18,27H,3-6,15H2,1-2H3/b21-13+. The van der Waals surface area contributed by atoms with Gasteiger partial charge in [-0.25, -0.2) is 4.98 Å². The average molecular weight is 507 g/mol. The second-order valence-corrected chi connectivity index (χ2v) is 10.5. The largest absolute Gasteiger partial charge is 0.497 e. The molecule has 2 fully saturated rings. The summed E-state index contributed by atoms with van der Waals surface area (Å²) in [5.74, 6) is 1.06. The number of rotatable bonds is 6. The molecule has 0 spiro atoms. The van der Waals surface area contributed by atoms with Gasteiger partial charge < -0.3 is 10.1 Å². The molecule has 0 bridgehead atoms. The number of aryl methyl sites for hydroxylation is 1. The second kappa shape index (κ2) is 9.83. The molecule has 2 aromatic heterocycles. The molecule has 1 aromatic carbocycles. The van der Waals surface area contributed by atoms with Gasteiger partial charge in [-0.2, -0.15) is 0 Å². The number of nitrogens with one attached hydrogen (secondary N) is 1. The van der Waals surface area contributed by atoms with E-state index in [1.807, 2.05) is 43.3 Å². The summed E-state index contributed by atoms with van der Waals surface area (Å²) in [5.41, 5.74) is 2.64. The number of hydrogen-bond donors (Lipinski definition) is 1. The smallest absolute Gasteiger partial charge is 0.267 e. The number of carbonyl (C=O) groups is 1. The fraction of sp³-hybridized carbons (Fsp3) is 0.308. The Hall–Kier alpha value is -3.17. The maximum absolute atomic E-state index is 13.5. The molecule has 0 atom stereocenters. The number of amides is 1. The number of anilines is 1. The highest BCUT2D eigenvalue weighted by Gasteiger charge is 2.33. The number of benzene rings is 1. The lowest BCUT2D eigenvalue weighted by Gasteiger charge is -2.16. The van der Waals surface area contributed by atoms with Crippen LogP contribution in [0.4, 0.5) is 5.82 Å². The van der Waals surface area contributed by atoms with Gasteiger partial charge in [0.2, 0.25) is 0 Å². The lowest BCUT2D eigenvalue weighted by Crippen LogP contribution is -2.27. The summed E-state index contributed by atoms with van der Waals surface area (Å²) in [6.45, 7) is 2.29. The summed E-state index contributed by atoms with van der Waals surface area (Å²) in [6.07, 6.45) is 7.81. The summed E-state index contributed by atoms with van der Waals surface area (Å²) in [5, 5.41) is 3.47. The Kier molecular flexibility index (Phi) is 6.62. The minimum atomic E-state index is -0.212. The van der Waals surface area contributed by atoms with Crippen LogP contribution in [0, 0.1) is 6.92 Å². The summed E-state index contributed by atoms with van der Waals surface area (Å²) >= 11 is 6.73. The van der Waals surface area contributed by atoms with E-state index >= 15 is 0 Å². The molecular weight excluding hydrogens is 480 g/mol. The van der Waals surface area contributed by atoms with E-state index in [1.165, 1.54) is 11.8 Å². The molecule has 7 nitrogen and oxygen atoms in total. The Balaban J connectivity index is 1.51. The van der Waals surface area contributed by atoms with E-state index in [9.17, 15) is 9.59 Å². The maximum atomic E-state index is 13.5. The molecule has 3 aromatic rings. The van der Waals surface area contributed by atoms with E-state index in [0.29, 0.717) is 32.8 Å². The molecule has 35 heavy (non-hydrogen) atoms. The van der Waals surface area contributed by atoms with Crippen molar-refractivity contribution < 1.29 is 9.53 Å². The number of ether oxygens (including phenoxy) is 1. The Morgan fingerprint density at radius 3 is 2.63 bits per heavy atom. The first-order valence-corrected chi connectivity index (χ1v) is 12.8. The van der Waals surface area contributed by atoms with Crippen LogP contribution < -0.4 is 15.6 Å². The van der Waals surface area contributed by atoms with E-state index in [1.54, 1.807) is 28.7 Å². The molecule has 1 aliphatic heterocycles. The summed E-state index contributed by atoms with van der Waals surface area (Å²) in [7, 11) is 1.61. The highest BCUT2D eigenvalue weighted by molar-refractivity contribution is 8.26. The third-order valence-corrected chi connectivity index (χ3v) is 7.73. The number of thioether (sulfide) groups is 1. The van der Waals surface area contributed by atoms with Gasteiger partial charge in [0, 0.05) is 12.2 Å². The highest BCUT2D eigenvalue weighted by atomic mass is 32.2. The van der Waals surface area contributed by atoms with Gasteiger partial charge in [-0.3, -0.25) is 18.9 Å². The quantitative estimate of drug-likeness (QED) is 0.381. The van der Waals surface area contributed by atoms with Crippen molar-refractivity contribution in [2.45, 2.75) is 45.2 Å². The number of methoxy groups -OCH3 is 1. The predicted molar refractivity (Wildman–Crippen MR) is 144 cm³/mol. The van der Waals surface area contributed by atoms with Crippen LogP contribution in [-0.2, 0) is 11.3 Å². The first-order valence-electron chi connectivity index (χ1n) is 11.6. The van der Waals surface area contributed by atoms with E-state index in [4.69, 9.17) is 21.9 Å². The Bertz CT molecular complexity index is 1390. The van der Waals surface area contributed by atoms with Crippen molar-refractivity contribution in [1.29, 1.82) is 0 Å². The summed E-state index contributed by atoms with van der Waals surface area (Å²) in [6, 6.07) is 11.6. The molecule has 3 heterocycles. The van der Waals surface area contributed by atoms with Crippen LogP contribution in [0.5, 0.6) is 5.75 Å². The van der Waals surface area contributed by atoms with Crippen molar-refractivity contribution in [2.75, 3.05) is 12.4 Å². The lowest BCUT2D eigenvalue weighted by atomic mass is 10.2. The van der Waals surface area contributed by atoms with Crippen molar-refractivity contribution in [3.63, 3.8) is 0 Å². The number of aromatic nitrogens is 2. The minimum absolute atomic E-state index is 0.209. The van der Waals surface area contributed by atoms with Crippen LogP contribution in [0.2, 0.25) is 0 Å². The average Bonchev–Trinajstić information content (AvgIpc) is 3.46. The van der Waals surface area contributed by atoms with Crippen LogP contribution in [0.3, 0.4) is 0 Å². The molecule has 1 saturated carbocycles. The van der Waals surface area contributed by atoms with Gasteiger partial charge >= 0.3 is 0 Å². The van der Waals surface area contributed by atoms with Gasteiger partial charge in [0.1, 0.15) is 21.5 Å². The molecule has 9 heteroatoms. The van der Waals surface area contributed by atoms with Crippen molar-refractivity contribution in [3.05, 3.63) is 74.5 Å². The fourth-order valence-electron chi connectivity index (χ4n) is 4.44. The van der Waals surface area contributed by atoms with E-state index < -0.39 is 0 Å². The molecular formula is C26H26N4O3S2. The zero-order valence-electron chi connectivity index (χ0n) is 19.6. The molecule has 1 amide bonds. The number of nitrogens with zero attached hydrogens (tertiary/aromatic N) is 3. The number of pyridine rings is 1. The van der Waals surface area contributed by atoms with E-state index in [2.05, 4.69) is 5.32 Å². The molecule has 0 radical (unpaired) electrons. The first kappa shape index (κ1) is 23.6. The zero-order valence-corrected chi connectivity index (χ0v) is 21.2. The third-order valence-electron chi connectivity index (χ3n) is 6.35. The van der Waals surface area contributed by atoms with Gasteiger partial charge in [0.25, 0.3) is 11.5 Å². The number of fused-ring (bicyclic) bond motifs is 1. The van der Waals surface area contributed by atoms with Gasteiger partial charge in [-0.05, 0) is 55.2 Å². The number of thiocarbonyl (C=S) groups is 1. The Morgan fingerprint density at radius 2 is 1.91 bits per heavy atom. The fourth-order valence-corrected chi connectivity index (χ4v) is 5.68. The molecule has 1 saturated heterocycles. The Morgan fingerprint density at radius 1 is 1.17 bits per heavy atom. The molecule has 0 unspecified atom stereocenters. The van der Waals surface area contributed by atoms with E-state index in [-0.39, 0.29) is 17.5 Å². The topological polar surface area (TPSA) is 75.9 Å². The Labute approximate surface area is 213 Å². The molecule has 1 N–H and O–H groups in total. The van der Waals surface area contributed by atoms with Gasteiger partial charge in [-0.1, -0.05) is 55.0 Å². The van der Waals surface area contributed by atoms with Gasteiger partial charge in [-0.15, -0.1) is 0 Å². The van der Waals surface area contributed by atoms with Crippen molar-refractivity contribution in [1.82, 2.24) is 14.3 Å². The van der Waals surface area contributed by atoms with Gasteiger partial charge in [0.15, 0.2) is 0 Å². The summed E-state index contributed by atoms with van der Waals surface area (Å²) in [4.78, 5) is 33.6. The highest BCUT2D eigenvalue weighted by Crippen LogP contribution is 2.34. The molecule has 2 aliphatic rings. The van der Waals surface area contributed by atoms with Crippen LogP contribution in [0.25, 0.3) is 11.7 Å². The second-order valence-electron chi connectivity index (χ2n) is 8.86. The molecule has 5 rings (SSSR count). The van der Waals surface area contributed by atoms with Crippen molar-refractivity contribution in [3.8, 4) is 5.75 Å². The number of hydrogen-bond acceptors (Lipinski definition) is 7. The van der Waals surface area contributed by atoms with Gasteiger partial charge in [0.05, 0.1) is 24.1 Å². The molecule has 180 valence electrons. The zero-order chi connectivity index (χ0) is 24.5. The third kappa shape index (κ3) is 4.83. The number of carbonyl (C=O) groups excluding carboxylic acids is 1. The summed E-state index contributed by atoms with van der Waals surface area (Å²) < 4.78 is 7.22.